The van der Waals surface area contributed by atoms with Crippen molar-refractivity contribution in [2.24, 2.45) is 0 Å². The molecule has 0 heterocycles. The lowest BCUT2D eigenvalue weighted by Crippen LogP contribution is -2.50. The van der Waals surface area contributed by atoms with E-state index in [0.29, 0.717) is 0 Å². The van der Waals surface area contributed by atoms with E-state index in [-0.39, 0.29) is 5.66 Å². The molecule has 0 spiro atoms. The zero-order valence-corrected chi connectivity index (χ0v) is 9.04. The second kappa shape index (κ2) is 6.44. The minimum atomic E-state index is 0.133. The Bertz CT molecular complexity index is 98.0. The normalized spacial score (nSPS) is 12.0. The largest absolute Gasteiger partial charge is 0.303 e. The summed E-state index contributed by atoms with van der Waals surface area (Å²) in [5, 5.41) is 6.59. The molecule has 0 aliphatic heterocycles. The third-order valence-corrected chi connectivity index (χ3v) is 2.63. The first-order valence-corrected chi connectivity index (χ1v) is 5.06. The number of rotatable bonds is 7. The molecule has 0 aromatic carbocycles. The molecule has 0 rings (SSSR count). The average molecular weight is 172 g/mol. The Labute approximate surface area is 77.1 Å². The third kappa shape index (κ3) is 4.73. The fraction of sp³-hybridized carbons (Fsp3) is 1.00. The summed E-state index contributed by atoms with van der Waals surface area (Å²) in [5.74, 6) is 0. The summed E-state index contributed by atoms with van der Waals surface area (Å²) >= 11 is 0. The lowest BCUT2D eigenvalue weighted by atomic mass is 10.0. The first-order chi connectivity index (χ1) is 5.68. The fourth-order valence-corrected chi connectivity index (χ4v) is 1.28. The van der Waals surface area contributed by atoms with Crippen molar-refractivity contribution in [2.75, 3.05) is 14.1 Å². The number of unbranched alkanes of at least 4 members (excludes halogenated alkanes) is 3. The van der Waals surface area contributed by atoms with Crippen LogP contribution in [0.3, 0.4) is 0 Å². The van der Waals surface area contributed by atoms with Gasteiger partial charge < -0.3 is 10.6 Å². The average Bonchev–Trinajstić information content (AvgIpc) is 2.12. The molecule has 12 heavy (non-hydrogen) atoms. The maximum absolute atomic E-state index is 3.29. The highest BCUT2D eigenvalue weighted by molar-refractivity contribution is 4.75. The monoisotopic (exact) mass is 172 g/mol. The lowest BCUT2D eigenvalue weighted by Gasteiger charge is -2.28. The van der Waals surface area contributed by atoms with Gasteiger partial charge in [0.15, 0.2) is 0 Å². The molecule has 0 unspecified atom stereocenters. The molecule has 2 N–H and O–H groups in total. The molecule has 0 aromatic heterocycles. The van der Waals surface area contributed by atoms with E-state index in [9.17, 15) is 0 Å². The van der Waals surface area contributed by atoms with Crippen LogP contribution in [0.5, 0.6) is 0 Å². The van der Waals surface area contributed by atoms with Gasteiger partial charge in [-0.05, 0) is 27.4 Å². The van der Waals surface area contributed by atoms with Crippen LogP contribution in [-0.4, -0.2) is 19.8 Å². The molecule has 0 saturated carbocycles. The molecule has 0 aliphatic carbocycles. The van der Waals surface area contributed by atoms with Crippen LogP contribution in [0, 0.1) is 0 Å². The van der Waals surface area contributed by atoms with Gasteiger partial charge in [0.2, 0.25) is 0 Å². The van der Waals surface area contributed by atoms with Gasteiger partial charge in [0.25, 0.3) is 0 Å². The van der Waals surface area contributed by atoms with Crippen molar-refractivity contribution in [1.29, 1.82) is 0 Å². The highest BCUT2D eigenvalue weighted by Gasteiger charge is 2.17. The highest BCUT2D eigenvalue weighted by Crippen LogP contribution is 2.11. The highest BCUT2D eigenvalue weighted by atomic mass is 15.1. The molecule has 0 saturated heterocycles. The fourth-order valence-electron chi connectivity index (χ4n) is 1.28. The molecule has 0 radical (unpaired) electrons. The van der Waals surface area contributed by atoms with Gasteiger partial charge in [-0.25, -0.2) is 0 Å². The second-order valence-corrected chi connectivity index (χ2v) is 3.64. The van der Waals surface area contributed by atoms with Gasteiger partial charge >= 0.3 is 0 Å². The molecule has 74 valence electrons. The minimum absolute atomic E-state index is 0.133. The molecule has 0 amide bonds. The molecule has 2 nitrogen and oxygen atoms in total. The Hall–Kier alpha value is -0.0800. The van der Waals surface area contributed by atoms with Gasteiger partial charge in [-0.1, -0.05) is 32.6 Å². The van der Waals surface area contributed by atoms with Gasteiger partial charge in [0, 0.05) is 0 Å². The van der Waals surface area contributed by atoms with E-state index in [4.69, 9.17) is 0 Å². The van der Waals surface area contributed by atoms with Gasteiger partial charge in [-0.2, -0.15) is 0 Å². The van der Waals surface area contributed by atoms with Crippen molar-refractivity contribution >= 4 is 0 Å². The molecule has 0 aromatic rings. The van der Waals surface area contributed by atoms with Crippen LogP contribution in [0.2, 0.25) is 0 Å². The van der Waals surface area contributed by atoms with E-state index in [1.54, 1.807) is 0 Å². The SMILES string of the molecule is CCCCCCC(C)(NC)NC. The quantitative estimate of drug-likeness (QED) is 0.454. The molecular weight excluding hydrogens is 148 g/mol. The van der Waals surface area contributed by atoms with E-state index < -0.39 is 0 Å². The van der Waals surface area contributed by atoms with Crippen molar-refractivity contribution < 1.29 is 0 Å². The van der Waals surface area contributed by atoms with Crippen molar-refractivity contribution in [3.8, 4) is 0 Å². The summed E-state index contributed by atoms with van der Waals surface area (Å²) in [6, 6.07) is 0. The summed E-state index contributed by atoms with van der Waals surface area (Å²) in [6.07, 6.45) is 6.56. The first kappa shape index (κ1) is 11.9. The van der Waals surface area contributed by atoms with Gasteiger partial charge in [0.05, 0.1) is 5.66 Å². The standard InChI is InChI=1S/C10H24N2/c1-5-6-7-8-9-10(2,11-3)12-4/h11-12H,5-9H2,1-4H3. The molecule has 0 atom stereocenters. The van der Waals surface area contributed by atoms with E-state index in [1.165, 1.54) is 32.1 Å². The molecule has 0 aliphatic rings. The van der Waals surface area contributed by atoms with Crippen LogP contribution in [-0.2, 0) is 0 Å². The summed E-state index contributed by atoms with van der Waals surface area (Å²) < 4.78 is 0. The second-order valence-electron chi connectivity index (χ2n) is 3.64. The van der Waals surface area contributed by atoms with Crippen molar-refractivity contribution in [3.63, 3.8) is 0 Å². The van der Waals surface area contributed by atoms with E-state index in [0.717, 1.165) is 0 Å². The predicted octanol–water partition coefficient (Wildman–Crippen LogP) is 2.11. The van der Waals surface area contributed by atoms with Crippen LogP contribution in [0.15, 0.2) is 0 Å². The zero-order chi connectivity index (χ0) is 9.45. The molecule has 2 heteroatoms. The zero-order valence-electron chi connectivity index (χ0n) is 9.04. The van der Waals surface area contributed by atoms with E-state index in [1.807, 2.05) is 14.1 Å². The molecule has 0 bridgehead atoms. The minimum Gasteiger partial charge on any atom is -0.303 e. The topological polar surface area (TPSA) is 24.1 Å². The van der Waals surface area contributed by atoms with Crippen LogP contribution < -0.4 is 10.6 Å². The van der Waals surface area contributed by atoms with Crippen molar-refractivity contribution in [2.45, 2.75) is 51.6 Å². The smallest absolute Gasteiger partial charge is 0.0653 e. The van der Waals surface area contributed by atoms with Crippen LogP contribution in [0.1, 0.15) is 46.0 Å². The Morgan fingerprint density at radius 2 is 1.58 bits per heavy atom. The maximum atomic E-state index is 3.29. The summed E-state index contributed by atoms with van der Waals surface area (Å²) in [5.41, 5.74) is 0.133. The summed E-state index contributed by atoms with van der Waals surface area (Å²) in [4.78, 5) is 0. The molecular formula is C10H24N2. The van der Waals surface area contributed by atoms with Crippen molar-refractivity contribution in [1.82, 2.24) is 10.6 Å². The first-order valence-electron chi connectivity index (χ1n) is 5.06. The van der Waals surface area contributed by atoms with Crippen LogP contribution in [0.25, 0.3) is 0 Å². The van der Waals surface area contributed by atoms with Gasteiger partial charge in [0.1, 0.15) is 0 Å². The summed E-state index contributed by atoms with van der Waals surface area (Å²) in [6.45, 7) is 4.45. The predicted molar refractivity (Wildman–Crippen MR) is 55.3 cm³/mol. The number of nitrogens with one attached hydrogen (secondary N) is 2. The Kier molecular flexibility index (Phi) is 6.39. The Morgan fingerprint density at radius 3 is 2.00 bits per heavy atom. The summed E-state index contributed by atoms with van der Waals surface area (Å²) in [7, 11) is 4.02. The van der Waals surface area contributed by atoms with Crippen molar-refractivity contribution in [3.05, 3.63) is 0 Å². The Balaban J connectivity index is 3.45. The van der Waals surface area contributed by atoms with E-state index in [2.05, 4.69) is 24.5 Å². The maximum Gasteiger partial charge on any atom is 0.0653 e. The van der Waals surface area contributed by atoms with Gasteiger partial charge in [-0.15, -0.1) is 0 Å². The number of hydrogen-bond acceptors (Lipinski definition) is 2. The third-order valence-electron chi connectivity index (χ3n) is 2.63. The van der Waals surface area contributed by atoms with Crippen LogP contribution in [0.4, 0.5) is 0 Å². The molecule has 0 fully saturated rings. The number of hydrogen-bond donors (Lipinski definition) is 2. The Morgan fingerprint density at radius 1 is 1.00 bits per heavy atom. The lowest BCUT2D eigenvalue weighted by molar-refractivity contribution is 0.293. The van der Waals surface area contributed by atoms with E-state index >= 15 is 0 Å². The van der Waals surface area contributed by atoms with Crippen LogP contribution >= 0.6 is 0 Å². The van der Waals surface area contributed by atoms with Gasteiger partial charge in [-0.3, -0.25) is 0 Å².